The second kappa shape index (κ2) is 7.61. The smallest absolute Gasteiger partial charge is 0.191 e. The van der Waals surface area contributed by atoms with Gasteiger partial charge in [0.1, 0.15) is 5.82 Å². The lowest BCUT2D eigenvalue weighted by Gasteiger charge is -2.08. The van der Waals surface area contributed by atoms with Crippen LogP contribution in [-0.4, -0.2) is 47.3 Å². The zero-order valence-electron chi connectivity index (χ0n) is 12.9. The van der Waals surface area contributed by atoms with Crippen molar-refractivity contribution in [3.63, 3.8) is 0 Å². The van der Waals surface area contributed by atoms with Crippen molar-refractivity contribution in [2.24, 2.45) is 0 Å². The zero-order valence-corrected chi connectivity index (χ0v) is 13.7. The SMILES string of the molecule is COCCNCCCCSc1nnc(C2CC2)n1C1CC1. The van der Waals surface area contributed by atoms with Crippen LogP contribution in [0.4, 0.5) is 0 Å². The first-order valence-corrected chi connectivity index (χ1v) is 9.16. The summed E-state index contributed by atoms with van der Waals surface area (Å²) in [5.41, 5.74) is 0. The van der Waals surface area contributed by atoms with E-state index in [1.807, 2.05) is 11.8 Å². The minimum atomic E-state index is 0.703. The van der Waals surface area contributed by atoms with Gasteiger partial charge in [-0.3, -0.25) is 0 Å². The summed E-state index contributed by atoms with van der Waals surface area (Å²) < 4.78 is 7.45. The molecule has 2 aliphatic rings. The van der Waals surface area contributed by atoms with Gasteiger partial charge in [-0.15, -0.1) is 10.2 Å². The third-order valence-corrected chi connectivity index (χ3v) is 5.04. The summed E-state index contributed by atoms with van der Waals surface area (Å²) in [7, 11) is 1.74. The van der Waals surface area contributed by atoms with Crippen molar-refractivity contribution >= 4 is 11.8 Å². The maximum atomic E-state index is 5.01. The fourth-order valence-electron chi connectivity index (χ4n) is 2.50. The number of nitrogens with zero attached hydrogens (tertiary/aromatic N) is 3. The fourth-order valence-corrected chi connectivity index (χ4v) is 3.51. The Kier molecular flexibility index (Phi) is 5.55. The molecular weight excluding hydrogens is 284 g/mol. The lowest BCUT2D eigenvalue weighted by Crippen LogP contribution is -2.20. The molecule has 0 aromatic carbocycles. The molecule has 1 N–H and O–H groups in total. The second-order valence-corrected chi connectivity index (χ2v) is 7.08. The fraction of sp³-hybridized carbons (Fsp3) is 0.867. The maximum absolute atomic E-state index is 5.01. The highest BCUT2D eigenvalue weighted by atomic mass is 32.2. The molecule has 118 valence electrons. The van der Waals surface area contributed by atoms with E-state index in [-0.39, 0.29) is 0 Å². The normalized spacial score (nSPS) is 18.3. The molecule has 0 aliphatic heterocycles. The van der Waals surface area contributed by atoms with E-state index in [4.69, 9.17) is 4.74 Å². The van der Waals surface area contributed by atoms with Crippen LogP contribution in [0.5, 0.6) is 0 Å². The molecule has 21 heavy (non-hydrogen) atoms. The monoisotopic (exact) mass is 310 g/mol. The lowest BCUT2D eigenvalue weighted by molar-refractivity contribution is 0.199. The molecule has 0 amide bonds. The molecule has 0 saturated heterocycles. The quantitative estimate of drug-likeness (QED) is 0.503. The van der Waals surface area contributed by atoms with Gasteiger partial charge in [-0.25, -0.2) is 0 Å². The Morgan fingerprint density at radius 2 is 2.05 bits per heavy atom. The molecule has 0 spiro atoms. The highest BCUT2D eigenvalue weighted by molar-refractivity contribution is 7.99. The van der Waals surface area contributed by atoms with Gasteiger partial charge in [0, 0.05) is 31.4 Å². The van der Waals surface area contributed by atoms with Gasteiger partial charge in [0.15, 0.2) is 5.16 Å². The van der Waals surface area contributed by atoms with Gasteiger partial charge >= 0.3 is 0 Å². The standard InChI is InChI=1S/C15H26N4OS/c1-20-10-9-16-8-2-3-11-21-15-18-17-14(12-4-5-12)19(15)13-6-7-13/h12-13,16H,2-11H2,1H3. The predicted molar refractivity (Wildman–Crippen MR) is 85.0 cm³/mol. The van der Waals surface area contributed by atoms with Gasteiger partial charge in [-0.05, 0) is 45.1 Å². The van der Waals surface area contributed by atoms with Crippen LogP contribution in [0.3, 0.4) is 0 Å². The minimum absolute atomic E-state index is 0.703. The van der Waals surface area contributed by atoms with E-state index in [0.717, 1.165) is 30.6 Å². The van der Waals surface area contributed by atoms with Gasteiger partial charge in [-0.1, -0.05) is 11.8 Å². The molecule has 5 nitrogen and oxygen atoms in total. The highest BCUT2D eigenvalue weighted by Crippen LogP contribution is 2.45. The number of unbranched alkanes of at least 4 members (excludes halogenated alkanes) is 1. The average molecular weight is 310 g/mol. The predicted octanol–water partition coefficient (Wildman–Crippen LogP) is 2.60. The Bertz CT molecular complexity index is 443. The summed E-state index contributed by atoms with van der Waals surface area (Å²) in [5.74, 6) is 3.11. The molecule has 2 aliphatic carbocycles. The van der Waals surface area contributed by atoms with Crippen LogP contribution in [0.15, 0.2) is 5.16 Å². The van der Waals surface area contributed by atoms with Gasteiger partial charge in [0.05, 0.1) is 6.61 Å². The summed E-state index contributed by atoms with van der Waals surface area (Å²) in [6.07, 6.45) is 7.68. The van der Waals surface area contributed by atoms with Crippen molar-refractivity contribution in [2.45, 2.75) is 55.6 Å². The summed E-state index contributed by atoms with van der Waals surface area (Å²) in [5, 5.41) is 13.4. The van der Waals surface area contributed by atoms with E-state index in [1.165, 1.54) is 44.3 Å². The minimum Gasteiger partial charge on any atom is -0.383 e. The number of hydrogen-bond donors (Lipinski definition) is 1. The topological polar surface area (TPSA) is 52.0 Å². The zero-order chi connectivity index (χ0) is 14.5. The average Bonchev–Trinajstić information content (AvgIpc) is 3.41. The van der Waals surface area contributed by atoms with Crippen LogP contribution in [0, 0.1) is 0 Å². The van der Waals surface area contributed by atoms with Crippen molar-refractivity contribution in [3.05, 3.63) is 5.82 Å². The lowest BCUT2D eigenvalue weighted by atomic mass is 10.3. The third kappa shape index (κ3) is 4.44. The number of aromatic nitrogens is 3. The van der Waals surface area contributed by atoms with Gasteiger partial charge in [-0.2, -0.15) is 0 Å². The summed E-state index contributed by atoms with van der Waals surface area (Å²) >= 11 is 1.89. The van der Waals surface area contributed by atoms with Crippen LogP contribution < -0.4 is 5.32 Å². The molecular formula is C15H26N4OS. The molecule has 6 heteroatoms. The Morgan fingerprint density at radius 3 is 2.76 bits per heavy atom. The molecule has 0 unspecified atom stereocenters. The van der Waals surface area contributed by atoms with Gasteiger partial charge in [0.25, 0.3) is 0 Å². The number of nitrogens with one attached hydrogen (secondary N) is 1. The largest absolute Gasteiger partial charge is 0.383 e. The molecule has 1 aromatic rings. The van der Waals surface area contributed by atoms with E-state index in [9.17, 15) is 0 Å². The summed E-state index contributed by atoms with van der Waals surface area (Å²) in [6, 6.07) is 0.703. The van der Waals surface area contributed by atoms with Crippen LogP contribution in [0.25, 0.3) is 0 Å². The first-order chi connectivity index (χ1) is 10.4. The van der Waals surface area contributed by atoms with Crippen LogP contribution in [0.2, 0.25) is 0 Å². The Hall–Kier alpha value is -0.590. The molecule has 3 rings (SSSR count). The number of rotatable bonds is 11. The number of ether oxygens (including phenoxy) is 1. The van der Waals surface area contributed by atoms with Crippen molar-refractivity contribution in [1.82, 2.24) is 20.1 Å². The molecule has 0 bridgehead atoms. The number of methoxy groups -OCH3 is 1. The summed E-state index contributed by atoms with van der Waals surface area (Å²) in [6.45, 7) is 2.82. The number of thioether (sulfide) groups is 1. The van der Waals surface area contributed by atoms with Crippen molar-refractivity contribution in [1.29, 1.82) is 0 Å². The van der Waals surface area contributed by atoms with E-state index < -0.39 is 0 Å². The summed E-state index contributed by atoms with van der Waals surface area (Å²) in [4.78, 5) is 0. The van der Waals surface area contributed by atoms with E-state index in [1.54, 1.807) is 7.11 Å². The second-order valence-electron chi connectivity index (χ2n) is 6.01. The Morgan fingerprint density at radius 1 is 1.19 bits per heavy atom. The van der Waals surface area contributed by atoms with Crippen molar-refractivity contribution < 1.29 is 4.74 Å². The highest BCUT2D eigenvalue weighted by Gasteiger charge is 2.36. The van der Waals surface area contributed by atoms with Crippen molar-refractivity contribution in [2.75, 3.05) is 32.6 Å². The van der Waals surface area contributed by atoms with Crippen LogP contribution in [0.1, 0.15) is 56.3 Å². The molecule has 0 radical (unpaired) electrons. The third-order valence-electron chi connectivity index (χ3n) is 4.01. The van der Waals surface area contributed by atoms with E-state index in [0.29, 0.717) is 12.0 Å². The Labute approximate surface area is 131 Å². The molecule has 0 atom stereocenters. The first-order valence-electron chi connectivity index (χ1n) is 8.17. The molecule has 1 aromatic heterocycles. The maximum Gasteiger partial charge on any atom is 0.191 e. The van der Waals surface area contributed by atoms with Crippen LogP contribution in [-0.2, 0) is 4.74 Å². The first kappa shape index (κ1) is 15.3. The van der Waals surface area contributed by atoms with E-state index >= 15 is 0 Å². The van der Waals surface area contributed by atoms with Gasteiger partial charge in [0.2, 0.25) is 0 Å². The van der Waals surface area contributed by atoms with Crippen molar-refractivity contribution in [3.8, 4) is 0 Å². The van der Waals surface area contributed by atoms with E-state index in [2.05, 4.69) is 20.1 Å². The van der Waals surface area contributed by atoms with Crippen LogP contribution >= 0.6 is 11.8 Å². The molecule has 2 fully saturated rings. The number of hydrogen-bond acceptors (Lipinski definition) is 5. The molecule has 1 heterocycles. The van der Waals surface area contributed by atoms with Gasteiger partial charge < -0.3 is 14.6 Å². The Balaban J connectivity index is 1.37. The molecule has 2 saturated carbocycles.